The van der Waals surface area contributed by atoms with E-state index in [4.69, 9.17) is 0 Å². The molecular formula is C7H9BrO. The summed E-state index contributed by atoms with van der Waals surface area (Å²) < 4.78 is 1.05. The first kappa shape index (κ1) is 7.03. The van der Waals surface area contributed by atoms with E-state index in [0.717, 1.165) is 4.48 Å². The highest BCUT2D eigenvalue weighted by atomic mass is 79.9. The van der Waals surface area contributed by atoms with Gasteiger partial charge in [0, 0.05) is 4.48 Å². The zero-order valence-electron chi connectivity index (χ0n) is 5.26. The Morgan fingerprint density at radius 2 is 2.44 bits per heavy atom. The van der Waals surface area contributed by atoms with Crippen molar-refractivity contribution in [1.29, 1.82) is 0 Å². The quantitative estimate of drug-likeness (QED) is 0.617. The molecule has 1 rings (SSSR count). The van der Waals surface area contributed by atoms with E-state index in [1.54, 1.807) is 13.0 Å². The maximum Gasteiger partial charge on any atom is 0.0837 e. The van der Waals surface area contributed by atoms with E-state index in [1.165, 1.54) is 0 Å². The molecule has 1 N–H and O–H groups in total. The van der Waals surface area contributed by atoms with Crippen molar-refractivity contribution in [3.8, 4) is 0 Å². The summed E-state index contributed by atoms with van der Waals surface area (Å²) in [6, 6.07) is 0. The monoisotopic (exact) mass is 188 g/mol. The van der Waals surface area contributed by atoms with Gasteiger partial charge in [0.05, 0.1) is 5.60 Å². The van der Waals surface area contributed by atoms with Crippen LogP contribution in [0.1, 0.15) is 13.3 Å². The third-order valence-corrected chi connectivity index (χ3v) is 1.90. The van der Waals surface area contributed by atoms with E-state index in [0.29, 0.717) is 6.42 Å². The van der Waals surface area contributed by atoms with Crippen molar-refractivity contribution in [2.24, 2.45) is 0 Å². The molecule has 9 heavy (non-hydrogen) atoms. The van der Waals surface area contributed by atoms with E-state index in [2.05, 4.69) is 15.9 Å². The average Bonchev–Trinajstić information content (AvgIpc) is 1.78. The summed E-state index contributed by atoms with van der Waals surface area (Å²) in [5.74, 6) is 0. The lowest BCUT2D eigenvalue weighted by Gasteiger charge is -2.19. The van der Waals surface area contributed by atoms with Crippen LogP contribution >= 0.6 is 15.9 Å². The fourth-order valence-electron chi connectivity index (χ4n) is 0.699. The fraction of sp³-hybridized carbons (Fsp3) is 0.429. The van der Waals surface area contributed by atoms with Gasteiger partial charge >= 0.3 is 0 Å². The Bertz CT molecular complexity index is 168. The van der Waals surface area contributed by atoms with Crippen molar-refractivity contribution in [2.45, 2.75) is 18.9 Å². The minimum Gasteiger partial charge on any atom is -0.386 e. The molecule has 0 aliphatic heterocycles. The number of rotatable bonds is 0. The normalized spacial score (nSPS) is 34.3. The molecule has 1 nitrogen and oxygen atoms in total. The molecule has 0 bridgehead atoms. The van der Waals surface area contributed by atoms with E-state index in [-0.39, 0.29) is 0 Å². The van der Waals surface area contributed by atoms with E-state index in [9.17, 15) is 5.11 Å². The second-order valence-electron chi connectivity index (χ2n) is 2.48. The summed E-state index contributed by atoms with van der Waals surface area (Å²) >= 11 is 3.30. The molecule has 0 aromatic rings. The summed E-state index contributed by atoms with van der Waals surface area (Å²) in [6.07, 6.45) is 6.31. The predicted molar refractivity (Wildman–Crippen MR) is 41.4 cm³/mol. The second kappa shape index (κ2) is 2.27. The fourth-order valence-corrected chi connectivity index (χ4v) is 0.993. The summed E-state index contributed by atoms with van der Waals surface area (Å²) in [6.45, 7) is 1.79. The van der Waals surface area contributed by atoms with Crippen LogP contribution in [0, 0.1) is 0 Å². The molecule has 1 atom stereocenters. The first-order valence-electron chi connectivity index (χ1n) is 2.87. The van der Waals surface area contributed by atoms with Crippen molar-refractivity contribution in [3.05, 3.63) is 22.7 Å². The molecule has 0 heterocycles. The van der Waals surface area contributed by atoms with E-state index in [1.807, 2.05) is 12.2 Å². The first-order chi connectivity index (χ1) is 4.10. The zero-order valence-corrected chi connectivity index (χ0v) is 6.85. The van der Waals surface area contributed by atoms with Crippen molar-refractivity contribution < 1.29 is 5.11 Å². The Labute approximate surface area is 63.2 Å². The van der Waals surface area contributed by atoms with Crippen molar-refractivity contribution >= 4 is 15.9 Å². The molecule has 0 aromatic carbocycles. The van der Waals surface area contributed by atoms with Gasteiger partial charge in [-0.2, -0.15) is 0 Å². The first-order valence-corrected chi connectivity index (χ1v) is 3.67. The van der Waals surface area contributed by atoms with Gasteiger partial charge in [-0.1, -0.05) is 28.1 Å². The van der Waals surface area contributed by atoms with Gasteiger partial charge in [-0.15, -0.1) is 0 Å². The third-order valence-electron chi connectivity index (χ3n) is 1.31. The van der Waals surface area contributed by atoms with Gasteiger partial charge in [0.15, 0.2) is 0 Å². The Hall–Kier alpha value is -0.0800. The molecular weight excluding hydrogens is 180 g/mol. The molecule has 0 aromatic heterocycles. The van der Waals surface area contributed by atoms with Crippen molar-refractivity contribution in [1.82, 2.24) is 0 Å². The molecule has 50 valence electrons. The van der Waals surface area contributed by atoms with Gasteiger partial charge < -0.3 is 5.11 Å². The maximum absolute atomic E-state index is 9.34. The van der Waals surface area contributed by atoms with Crippen LogP contribution in [0.4, 0.5) is 0 Å². The smallest absolute Gasteiger partial charge is 0.0837 e. The molecule has 1 aliphatic rings. The van der Waals surface area contributed by atoms with E-state index >= 15 is 0 Å². The average molecular weight is 189 g/mol. The third kappa shape index (κ3) is 1.95. The topological polar surface area (TPSA) is 20.2 Å². The highest BCUT2D eigenvalue weighted by molar-refractivity contribution is 9.11. The van der Waals surface area contributed by atoms with E-state index < -0.39 is 5.60 Å². The second-order valence-corrected chi connectivity index (χ2v) is 3.40. The number of halogens is 1. The van der Waals surface area contributed by atoms with Crippen molar-refractivity contribution in [2.75, 3.05) is 0 Å². The van der Waals surface area contributed by atoms with Crippen LogP contribution in [0.5, 0.6) is 0 Å². The maximum atomic E-state index is 9.34. The minimum atomic E-state index is -0.628. The van der Waals surface area contributed by atoms with Crippen LogP contribution in [0.15, 0.2) is 22.7 Å². The lowest BCUT2D eigenvalue weighted by Crippen LogP contribution is -2.20. The van der Waals surface area contributed by atoms with Crippen LogP contribution < -0.4 is 0 Å². The van der Waals surface area contributed by atoms with Gasteiger partial charge in [0.1, 0.15) is 0 Å². The zero-order chi connectivity index (χ0) is 6.91. The standard InChI is InChI=1S/C7H9BrO/c1-7(9)4-2-6(8)3-5-7/h2-4,9H,5H2,1H3. The van der Waals surface area contributed by atoms with Crippen LogP contribution in [0.3, 0.4) is 0 Å². The number of allylic oxidation sites excluding steroid dienone is 2. The lowest BCUT2D eigenvalue weighted by molar-refractivity contribution is 0.114. The molecule has 0 radical (unpaired) electrons. The molecule has 0 saturated carbocycles. The van der Waals surface area contributed by atoms with Gasteiger partial charge in [-0.25, -0.2) is 0 Å². The van der Waals surface area contributed by atoms with Crippen LogP contribution in [-0.4, -0.2) is 10.7 Å². The summed E-state index contributed by atoms with van der Waals surface area (Å²) in [4.78, 5) is 0. The largest absolute Gasteiger partial charge is 0.386 e. The SMILES string of the molecule is CC1(O)C=CC(Br)=CC1. The van der Waals surface area contributed by atoms with Crippen LogP contribution in [-0.2, 0) is 0 Å². The Balaban J connectivity index is 2.70. The summed E-state index contributed by atoms with van der Waals surface area (Å²) in [7, 11) is 0. The lowest BCUT2D eigenvalue weighted by atomic mass is 9.98. The van der Waals surface area contributed by atoms with Crippen LogP contribution in [0.2, 0.25) is 0 Å². The number of aliphatic hydroxyl groups is 1. The predicted octanol–water partition coefficient (Wildman–Crippen LogP) is 1.98. The highest BCUT2D eigenvalue weighted by Gasteiger charge is 2.16. The number of hydrogen-bond donors (Lipinski definition) is 1. The molecule has 0 spiro atoms. The van der Waals surface area contributed by atoms with Gasteiger partial charge in [-0.05, 0) is 19.4 Å². The minimum absolute atomic E-state index is 0.628. The van der Waals surface area contributed by atoms with Gasteiger partial charge in [-0.3, -0.25) is 0 Å². The molecule has 1 unspecified atom stereocenters. The van der Waals surface area contributed by atoms with Crippen LogP contribution in [0.25, 0.3) is 0 Å². The Morgan fingerprint density at radius 3 is 2.78 bits per heavy atom. The Kier molecular flexibility index (Phi) is 1.78. The van der Waals surface area contributed by atoms with Gasteiger partial charge in [0.2, 0.25) is 0 Å². The molecule has 0 fully saturated rings. The molecule has 0 saturated heterocycles. The number of hydrogen-bond acceptors (Lipinski definition) is 1. The van der Waals surface area contributed by atoms with Gasteiger partial charge in [0.25, 0.3) is 0 Å². The summed E-state index contributed by atoms with van der Waals surface area (Å²) in [5.41, 5.74) is -0.628. The van der Waals surface area contributed by atoms with Crippen molar-refractivity contribution in [3.63, 3.8) is 0 Å². The molecule has 2 heteroatoms. The highest BCUT2D eigenvalue weighted by Crippen LogP contribution is 2.22. The summed E-state index contributed by atoms with van der Waals surface area (Å²) in [5, 5.41) is 9.34. The molecule has 1 aliphatic carbocycles. The Morgan fingerprint density at radius 1 is 1.78 bits per heavy atom. The molecule has 0 amide bonds.